The molecule has 1 aromatic rings. The van der Waals surface area contributed by atoms with Gasteiger partial charge in [0.2, 0.25) is 11.8 Å². The van der Waals surface area contributed by atoms with Crippen molar-refractivity contribution in [1.29, 1.82) is 0 Å². The Morgan fingerprint density at radius 1 is 0.968 bits per heavy atom. The van der Waals surface area contributed by atoms with Gasteiger partial charge in [-0.2, -0.15) is 0 Å². The summed E-state index contributed by atoms with van der Waals surface area (Å²) in [4.78, 5) is 50.7. The Labute approximate surface area is 182 Å². The molecule has 3 N–H and O–H groups in total. The van der Waals surface area contributed by atoms with E-state index in [2.05, 4.69) is 16.0 Å². The summed E-state index contributed by atoms with van der Waals surface area (Å²) in [5.41, 5.74) is 1.48. The molecule has 2 fully saturated rings. The summed E-state index contributed by atoms with van der Waals surface area (Å²) in [6, 6.07) is 4.33. The van der Waals surface area contributed by atoms with Crippen molar-refractivity contribution in [3.8, 4) is 0 Å². The summed E-state index contributed by atoms with van der Waals surface area (Å²) in [5, 5.41) is 8.96. The summed E-state index contributed by atoms with van der Waals surface area (Å²) in [7, 11) is 2.00. The van der Waals surface area contributed by atoms with Gasteiger partial charge in [0.05, 0.1) is 11.1 Å². The second-order valence-electron chi connectivity index (χ2n) is 8.86. The van der Waals surface area contributed by atoms with Gasteiger partial charge in [-0.25, -0.2) is 0 Å². The second-order valence-corrected chi connectivity index (χ2v) is 8.86. The molecule has 0 spiro atoms. The van der Waals surface area contributed by atoms with Gasteiger partial charge < -0.3 is 10.6 Å². The molecule has 0 radical (unpaired) electrons. The van der Waals surface area contributed by atoms with Crippen molar-refractivity contribution in [1.82, 2.24) is 20.9 Å². The highest BCUT2D eigenvalue weighted by Crippen LogP contribution is 2.31. The molecule has 1 saturated carbocycles. The minimum atomic E-state index is -0.932. The van der Waals surface area contributed by atoms with Crippen molar-refractivity contribution in [3.63, 3.8) is 0 Å². The predicted octanol–water partition coefficient (Wildman–Crippen LogP) is 1.20. The summed E-state index contributed by atoms with van der Waals surface area (Å²) in [6.07, 6.45) is 5.16. The van der Waals surface area contributed by atoms with Crippen molar-refractivity contribution < 1.29 is 19.2 Å². The van der Waals surface area contributed by atoms with Crippen LogP contribution in [0.2, 0.25) is 0 Å². The summed E-state index contributed by atoms with van der Waals surface area (Å²) in [5.74, 6) is -0.469. The second kappa shape index (κ2) is 9.28. The third kappa shape index (κ3) is 4.41. The lowest BCUT2D eigenvalue weighted by molar-refractivity contribution is -0.136. The van der Waals surface area contributed by atoms with E-state index in [0.717, 1.165) is 29.5 Å². The number of rotatable bonds is 7. The highest BCUT2D eigenvalue weighted by atomic mass is 16.2. The molecule has 8 heteroatoms. The first-order valence-corrected chi connectivity index (χ1v) is 11.2. The fourth-order valence-electron chi connectivity index (χ4n) is 5.07. The molecule has 1 aromatic carbocycles. The quantitative estimate of drug-likeness (QED) is 0.566. The van der Waals surface area contributed by atoms with Crippen molar-refractivity contribution in [2.45, 2.75) is 51.1 Å². The van der Waals surface area contributed by atoms with Crippen LogP contribution in [-0.4, -0.2) is 54.7 Å². The van der Waals surface area contributed by atoms with Gasteiger partial charge in [0.1, 0.15) is 6.04 Å². The summed E-state index contributed by atoms with van der Waals surface area (Å²) >= 11 is 0. The van der Waals surface area contributed by atoms with Crippen molar-refractivity contribution in [2.75, 3.05) is 20.1 Å². The maximum Gasteiger partial charge on any atom is 0.262 e. The van der Waals surface area contributed by atoms with Crippen molar-refractivity contribution >= 4 is 23.6 Å². The fraction of sp³-hybridized carbons (Fsp3) is 0.565. The number of nitrogens with zero attached hydrogens (tertiary/aromatic N) is 1. The zero-order chi connectivity index (χ0) is 22.0. The van der Waals surface area contributed by atoms with Crippen molar-refractivity contribution in [2.24, 2.45) is 11.8 Å². The number of piperidine rings is 1. The molecule has 4 amide bonds. The van der Waals surface area contributed by atoms with Crippen LogP contribution < -0.4 is 16.0 Å². The topological polar surface area (TPSA) is 108 Å². The molecule has 4 rings (SSSR count). The average molecular weight is 427 g/mol. The maximum absolute atomic E-state index is 13.1. The Hall–Kier alpha value is -2.58. The third-order valence-corrected chi connectivity index (χ3v) is 6.76. The van der Waals surface area contributed by atoms with E-state index < -0.39 is 23.8 Å². The summed E-state index contributed by atoms with van der Waals surface area (Å²) < 4.78 is 0. The lowest BCUT2D eigenvalue weighted by atomic mass is 9.82. The van der Waals surface area contributed by atoms with Gasteiger partial charge in [0.25, 0.3) is 11.8 Å². The van der Waals surface area contributed by atoms with Gasteiger partial charge >= 0.3 is 0 Å². The molecule has 2 aliphatic heterocycles. The molecular weight excluding hydrogens is 396 g/mol. The van der Waals surface area contributed by atoms with Crippen LogP contribution in [0.3, 0.4) is 0 Å². The van der Waals surface area contributed by atoms with Gasteiger partial charge in [-0.05, 0) is 75.7 Å². The molecule has 1 aliphatic carbocycles. The molecule has 2 heterocycles. The van der Waals surface area contributed by atoms with E-state index in [1.54, 1.807) is 12.1 Å². The molecule has 1 unspecified atom stereocenters. The minimum absolute atomic E-state index is 0.120. The van der Waals surface area contributed by atoms with Gasteiger partial charge in [-0.1, -0.05) is 12.1 Å². The first-order valence-electron chi connectivity index (χ1n) is 11.2. The van der Waals surface area contributed by atoms with Crippen LogP contribution in [0.5, 0.6) is 0 Å². The smallest absolute Gasteiger partial charge is 0.262 e. The standard InChI is InChI=1S/C23H30N4O4/c1-24-11-14-5-7-15(8-6-14)12-25-13-16-3-2-4-17-20(16)23(31)27(22(17)30)18-9-10-19(28)26-21(18)29/h2-4,14-15,18,24-25H,5-13H2,1H3,(H,26,28,29). The number of hydrogen-bond donors (Lipinski definition) is 3. The molecule has 0 aromatic heterocycles. The van der Waals surface area contributed by atoms with Crippen LogP contribution in [0.1, 0.15) is 64.8 Å². The van der Waals surface area contributed by atoms with Crippen molar-refractivity contribution in [3.05, 3.63) is 34.9 Å². The monoisotopic (exact) mass is 426 g/mol. The number of imide groups is 2. The Balaban J connectivity index is 1.40. The van der Waals surface area contributed by atoms with Crippen LogP contribution in [0.25, 0.3) is 0 Å². The first-order chi connectivity index (χ1) is 15.0. The lowest BCUT2D eigenvalue weighted by Gasteiger charge is -2.28. The van der Waals surface area contributed by atoms with E-state index in [-0.39, 0.29) is 18.7 Å². The van der Waals surface area contributed by atoms with Gasteiger partial charge in [-0.15, -0.1) is 0 Å². The summed E-state index contributed by atoms with van der Waals surface area (Å²) in [6.45, 7) is 2.47. The van der Waals surface area contributed by atoms with E-state index in [4.69, 9.17) is 0 Å². The molecular formula is C23H30N4O4. The van der Waals surface area contributed by atoms with Gasteiger partial charge in [0, 0.05) is 13.0 Å². The van der Waals surface area contributed by atoms with Gasteiger partial charge in [-0.3, -0.25) is 29.4 Å². The minimum Gasteiger partial charge on any atom is -0.319 e. The van der Waals surface area contributed by atoms with E-state index in [9.17, 15) is 19.2 Å². The number of amides is 4. The SMILES string of the molecule is CNCC1CCC(CNCc2cccc3c2C(=O)N(C2CCC(=O)NC2=O)C3=O)CC1. The van der Waals surface area contributed by atoms with Crippen LogP contribution in [0.4, 0.5) is 0 Å². The number of fused-ring (bicyclic) bond motifs is 1. The van der Waals surface area contributed by atoms with E-state index >= 15 is 0 Å². The number of benzene rings is 1. The highest BCUT2D eigenvalue weighted by molar-refractivity contribution is 6.24. The molecule has 3 aliphatic rings. The lowest BCUT2D eigenvalue weighted by Crippen LogP contribution is -2.54. The Morgan fingerprint density at radius 2 is 1.68 bits per heavy atom. The number of carbonyl (C=O) groups is 4. The van der Waals surface area contributed by atoms with Crippen LogP contribution >= 0.6 is 0 Å². The Kier molecular flexibility index (Phi) is 6.48. The Bertz CT molecular complexity index is 892. The third-order valence-electron chi connectivity index (χ3n) is 6.76. The first kappa shape index (κ1) is 21.6. The number of nitrogens with one attached hydrogen (secondary N) is 3. The predicted molar refractivity (Wildman–Crippen MR) is 114 cm³/mol. The zero-order valence-corrected chi connectivity index (χ0v) is 17.9. The molecule has 8 nitrogen and oxygen atoms in total. The highest BCUT2D eigenvalue weighted by Gasteiger charge is 2.45. The molecule has 1 saturated heterocycles. The molecule has 1 atom stereocenters. The molecule has 31 heavy (non-hydrogen) atoms. The van der Waals surface area contributed by atoms with E-state index in [1.807, 2.05) is 13.1 Å². The normalized spacial score (nSPS) is 26.2. The molecule has 166 valence electrons. The zero-order valence-electron chi connectivity index (χ0n) is 17.9. The van der Waals surface area contributed by atoms with Crippen LogP contribution in [0, 0.1) is 11.8 Å². The maximum atomic E-state index is 13.1. The van der Waals surface area contributed by atoms with Gasteiger partial charge in [0.15, 0.2) is 0 Å². The number of hydrogen-bond acceptors (Lipinski definition) is 6. The van der Waals surface area contributed by atoms with E-state index in [1.165, 1.54) is 25.7 Å². The fourth-order valence-corrected chi connectivity index (χ4v) is 5.07. The largest absolute Gasteiger partial charge is 0.319 e. The number of carbonyl (C=O) groups excluding carboxylic acids is 4. The van der Waals surface area contributed by atoms with Crippen LogP contribution in [-0.2, 0) is 16.1 Å². The average Bonchev–Trinajstić information content (AvgIpc) is 3.01. The van der Waals surface area contributed by atoms with Crippen LogP contribution in [0.15, 0.2) is 18.2 Å². The molecule has 0 bridgehead atoms. The van der Waals surface area contributed by atoms with E-state index in [0.29, 0.717) is 23.6 Å². The Morgan fingerprint density at radius 3 is 2.35 bits per heavy atom.